The van der Waals surface area contributed by atoms with E-state index in [0.717, 1.165) is 26.8 Å². The number of thiophene rings is 1. The number of nitrogens with two attached hydrogens (primary N) is 1. The summed E-state index contributed by atoms with van der Waals surface area (Å²) in [6, 6.07) is 9.87. The molecule has 0 radical (unpaired) electrons. The number of rotatable bonds is 3. The maximum atomic E-state index is 6.24. The van der Waals surface area contributed by atoms with Crippen molar-refractivity contribution in [2.45, 2.75) is 12.5 Å². The van der Waals surface area contributed by atoms with E-state index in [1.165, 1.54) is 0 Å². The van der Waals surface area contributed by atoms with Gasteiger partial charge in [-0.2, -0.15) is 0 Å². The Kier molecular flexibility index (Phi) is 3.31. The van der Waals surface area contributed by atoms with Gasteiger partial charge in [-0.25, -0.2) is 4.98 Å². The summed E-state index contributed by atoms with van der Waals surface area (Å²) in [6.07, 6.45) is 0.686. The Morgan fingerprint density at radius 2 is 2.16 bits per heavy atom. The topological polar surface area (TPSA) is 43.8 Å². The van der Waals surface area contributed by atoms with Crippen LogP contribution in [0.25, 0.3) is 11.0 Å². The lowest BCUT2D eigenvalue weighted by molar-refractivity contribution is 0.675. The highest BCUT2D eigenvalue weighted by molar-refractivity contribution is 7.10. The Hall–Kier alpha value is -1.36. The van der Waals surface area contributed by atoms with E-state index in [9.17, 15) is 0 Å². The molecule has 3 rings (SSSR count). The molecule has 3 nitrogen and oxygen atoms in total. The molecular formula is C14H14ClN3S. The van der Waals surface area contributed by atoms with E-state index in [1.807, 2.05) is 36.7 Å². The van der Waals surface area contributed by atoms with E-state index in [4.69, 9.17) is 17.3 Å². The first kappa shape index (κ1) is 12.7. The molecule has 0 saturated heterocycles. The van der Waals surface area contributed by atoms with Gasteiger partial charge in [0.05, 0.1) is 16.1 Å². The average Bonchev–Trinajstić information content (AvgIpc) is 2.95. The molecule has 0 fully saturated rings. The van der Waals surface area contributed by atoms with E-state index >= 15 is 0 Å². The second kappa shape index (κ2) is 4.96. The zero-order chi connectivity index (χ0) is 13.4. The summed E-state index contributed by atoms with van der Waals surface area (Å²) in [4.78, 5) is 5.66. The predicted molar refractivity (Wildman–Crippen MR) is 80.7 cm³/mol. The first-order valence-corrected chi connectivity index (χ1v) is 7.31. The van der Waals surface area contributed by atoms with Crippen molar-refractivity contribution < 1.29 is 0 Å². The van der Waals surface area contributed by atoms with Gasteiger partial charge in [0.1, 0.15) is 5.82 Å². The summed E-state index contributed by atoms with van der Waals surface area (Å²) >= 11 is 7.72. The van der Waals surface area contributed by atoms with Gasteiger partial charge in [0.15, 0.2) is 0 Å². The Morgan fingerprint density at radius 3 is 2.84 bits per heavy atom. The van der Waals surface area contributed by atoms with Crippen LogP contribution in [0, 0.1) is 0 Å². The fourth-order valence-corrected chi connectivity index (χ4v) is 3.44. The summed E-state index contributed by atoms with van der Waals surface area (Å²) in [6.45, 7) is 0. The van der Waals surface area contributed by atoms with Crippen molar-refractivity contribution in [1.82, 2.24) is 9.55 Å². The third-order valence-corrected chi connectivity index (χ3v) is 4.75. The molecule has 3 aromatic rings. The first-order valence-electron chi connectivity index (χ1n) is 6.05. The van der Waals surface area contributed by atoms with E-state index in [1.54, 1.807) is 11.3 Å². The molecule has 0 aliphatic rings. The summed E-state index contributed by atoms with van der Waals surface area (Å²) in [7, 11) is 2.02. The van der Waals surface area contributed by atoms with E-state index in [0.29, 0.717) is 6.42 Å². The van der Waals surface area contributed by atoms with Gasteiger partial charge in [0, 0.05) is 24.4 Å². The Bertz CT molecular complexity index is 716. The Balaban J connectivity index is 1.93. The van der Waals surface area contributed by atoms with Crippen LogP contribution < -0.4 is 5.73 Å². The number of hydrogen-bond acceptors (Lipinski definition) is 3. The molecular weight excluding hydrogens is 278 g/mol. The van der Waals surface area contributed by atoms with Gasteiger partial charge in [0.2, 0.25) is 0 Å². The SMILES string of the molecule is Cn1c(CC(N)c2sccc2Cl)nc2ccccc21. The van der Waals surface area contributed by atoms with Gasteiger partial charge < -0.3 is 10.3 Å². The van der Waals surface area contributed by atoms with Gasteiger partial charge >= 0.3 is 0 Å². The van der Waals surface area contributed by atoms with Gasteiger partial charge in [-0.05, 0) is 23.6 Å². The number of para-hydroxylation sites is 2. The molecule has 0 aliphatic carbocycles. The lowest BCUT2D eigenvalue weighted by Crippen LogP contribution is -2.15. The minimum absolute atomic E-state index is 0.108. The highest BCUT2D eigenvalue weighted by atomic mass is 35.5. The molecule has 0 saturated carbocycles. The lowest BCUT2D eigenvalue weighted by atomic mass is 10.2. The fraction of sp³-hybridized carbons (Fsp3) is 0.214. The number of imidazole rings is 1. The minimum Gasteiger partial charge on any atom is -0.331 e. The Morgan fingerprint density at radius 1 is 1.37 bits per heavy atom. The highest BCUT2D eigenvalue weighted by Gasteiger charge is 2.16. The molecule has 1 unspecified atom stereocenters. The van der Waals surface area contributed by atoms with Crippen LogP contribution in [-0.4, -0.2) is 9.55 Å². The maximum absolute atomic E-state index is 6.24. The van der Waals surface area contributed by atoms with Gasteiger partial charge in [0.25, 0.3) is 0 Å². The summed E-state index contributed by atoms with van der Waals surface area (Å²) in [5, 5.41) is 2.71. The molecule has 98 valence electrons. The third kappa shape index (κ3) is 2.27. The van der Waals surface area contributed by atoms with Gasteiger partial charge in [-0.1, -0.05) is 23.7 Å². The molecule has 2 heterocycles. The van der Waals surface area contributed by atoms with Crippen LogP contribution in [0.2, 0.25) is 5.02 Å². The van der Waals surface area contributed by atoms with Crippen LogP contribution >= 0.6 is 22.9 Å². The third-order valence-electron chi connectivity index (χ3n) is 3.26. The highest BCUT2D eigenvalue weighted by Crippen LogP contribution is 2.29. The largest absolute Gasteiger partial charge is 0.331 e. The molecule has 19 heavy (non-hydrogen) atoms. The van der Waals surface area contributed by atoms with Crippen LogP contribution in [0.3, 0.4) is 0 Å². The van der Waals surface area contributed by atoms with Crippen LogP contribution in [-0.2, 0) is 13.5 Å². The molecule has 5 heteroatoms. The van der Waals surface area contributed by atoms with E-state index < -0.39 is 0 Å². The number of benzene rings is 1. The minimum atomic E-state index is -0.108. The van der Waals surface area contributed by atoms with Crippen molar-refractivity contribution in [2.24, 2.45) is 12.8 Å². The number of aryl methyl sites for hydroxylation is 1. The standard InChI is InChI=1S/C14H14ClN3S/c1-18-12-5-3-2-4-11(12)17-13(18)8-10(16)14-9(15)6-7-19-14/h2-7,10H,8,16H2,1H3. The monoisotopic (exact) mass is 291 g/mol. The molecule has 2 aromatic heterocycles. The van der Waals surface area contributed by atoms with Crippen molar-refractivity contribution in [3.63, 3.8) is 0 Å². The molecule has 1 atom stereocenters. The second-order valence-corrected chi connectivity index (χ2v) is 5.87. The smallest absolute Gasteiger partial charge is 0.111 e. The molecule has 1 aromatic carbocycles. The normalized spacial score (nSPS) is 13.0. The quantitative estimate of drug-likeness (QED) is 0.802. The molecule has 0 spiro atoms. The lowest BCUT2D eigenvalue weighted by Gasteiger charge is -2.10. The number of fused-ring (bicyclic) bond motifs is 1. The number of hydrogen-bond donors (Lipinski definition) is 1. The Labute approximate surface area is 120 Å². The number of nitrogens with zero attached hydrogens (tertiary/aromatic N) is 2. The van der Waals surface area contributed by atoms with Crippen molar-refractivity contribution in [1.29, 1.82) is 0 Å². The summed E-state index contributed by atoms with van der Waals surface area (Å²) < 4.78 is 2.09. The molecule has 0 amide bonds. The molecule has 2 N–H and O–H groups in total. The maximum Gasteiger partial charge on any atom is 0.111 e. The van der Waals surface area contributed by atoms with Crippen molar-refractivity contribution in [3.05, 3.63) is 51.4 Å². The van der Waals surface area contributed by atoms with Crippen LogP contribution in [0.1, 0.15) is 16.7 Å². The average molecular weight is 292 g/mol. The van der Waals surface area contributed by atoms with E-state index in [-0.39, 0.29) is 6.04 Å². The van der Waals surface area contributed by atoms with E-state index in [2.05, 4.69) is 15.6 Å². The zero-order valence-electron chi connectivity index (χ0n) is 10.5. The van der Waals surface area contributed by atoms with Crippen molar-refractivity contribution in [3.8, 4) is 0 Å². The summed E-state index contributed by atoms with van der Waals surface area (Å²) in [5.41, 5.74) is 8.37. The second-order valence-electron chi connectivity index (χ2n) is 4.52. The fourth-order valence-electron chi connectivity index (χ4n) is 2.24. The number of halogens is 1. The molecule has 0 aliphatic heterocycles. The van der Waals surface area contributed by atoms with Crippen molar-refractivity contribution in [2.75, 3.05) is 0 Å². The predicted octanol–water partition coefficient (Wildman–Crippen LogP) is 3.53. The van der Waals surface area contributed by atoms with Gasteiger partial charge in [-0.15, -0.1) is 11.3 Å². The first-order chi connectivity index (χ1) is 9.16. The zero-order valence-corrected chi connectivity index (χ0v) is 12.1. The van der Waals surface area contributed by atoms with Crippen molar-refractivity contribution >= 4 is 34.0 Å². The van der Waals surface area contributed by atoms with Crippen LogP contribution in [0.4, 0.5) is 0 Å². The summed E-state index contributed by atoms with van der Waals surface area (Å²) in [5.74, 6) is 0.984. The van der Waals surface area contributed by atoms with Crippen LogP contribution in [0.15, 0.2) is 35.7 Å². The number of aromatic nitrogens is 2. The molecule has 0 bridgehead atoms. The van der Waals surface area contributed by atoms with Gasteiger partial charge in [-0.3, -0.25) is 0 Å². The van der Waals surface area contributed by atoms with Crippen LogP contribution in [0.5, 0.6) is 0 Å².